The van der Waals surface area contributed by atoms with Crippen molar-refractivity contribution in [3.05, 3.63) is 36.0 Å². The first-order valence-corrected chi connectivity index (χ1v) is 9.56. The van der Waals surface area contributed by atoms with Crippen LogP contribution in [-0.2, 0) is 0 Å². The summed E-state index contributed by atoms with van der Waals surface area (Å²) < 4.78 is 0. The molecule has 0 atom stereocenters. The maximum Gasteiger partial charge on any atom is 0.150 e. The Morgan fingerprint density at radius 2 is 1.64 bits per heavy atom. The molecule has 0 saturated heterocycles. The number of pyridine rings is 1. The van der Waals surface area contributed by atoms with Gasteiger partial charge in [-0.15, -0.1) is 0 Å². The lowest BCUT2D eigenvalue weighted by Gasteiger charge is -2.09. The first-order chi connectivity index (χ1) is 12.3. The van der Waals surface area contributed by atoms with E-state index in [-0.39, 0.29) is 5.75 Å². The second kappa shape index (κ2) is 10.7. The number of phenols is 1. The monoisotopic (exact) mass is 342 g/mol. The topological polar surface area (TPSA) is 65.7 Å². The summed E-state index contributed by atoms with van der Waals surface area (Å²) in [7, 11) is 0. The van der Waals surface area contributed by atoms with Crippen LogP contribution >= 0.6 is 0 Å². The minimum Gasteiger partial charge on any atom is -0.505 e. The van der Waals surface area contributed by atoms with Gasteiger partial charge in [-0.25, -0.2) is 0 Å². The molecule has 0 saturated carbocycles. The normalized spacial score (nSPS) is 12.0. The number of unbranched alkanes of at least 4 members (excludes halogenated alkanes) is 8. The minimum atomic E-state index is 0.0989. The fraction of sp³-hybridized carbons (Fsp3) is 0.524. The average molecular weight is 342 g/mol. The second-order valence-corrected chi connectivity index (χ2v) is 6.66. The number of oxime groups is 1. The first-order valence-electron chi connectivity index (χ1n) is 9.56. The van der Waals surface area contributed by atoms with E-state index in [1.165, 1.54) is 44.9 Å². The highest BCUT2D eigenvalue weighted by molar-refractivity contribution is 6.06. The molecule has 1 aromatic carbocycles. The molecule has 0 aliphatic carbocycles. The highest BCUT2D eigenvalue weighted by Gasteiger charge is 2.13. The third-order valence-electron chi connectivity index (χ3n) is 4.70. The molecule has 2 rings (SSSR count). The molecule has 0 spiro atoms. The van der Waals surface area contributed by atoms with Crippen LogP contribution in [0.2, 0.25) is 0 Å². The van der Waals surface area contributed by atoms with Crippen LogP contribution in [0.15, 0.2) is 35.6 Å². The number of nitrogens with zero attached hydrogens (tertiary/aromatic N) is 2. The van der Waals surface area contributed by atoms with Crippen molar-refractivity contribution in [2.45, 2.75) is 71.1 Å². The van der Waals surface area contributed by atoms with Crippen molar-refractivity contribution < 1.29 is 10.3 Å². The predicted octanol–water partition coefficient (Wildman–Crippen LogP) is 6.04. The average Bonchev–Trinajstić information content (AvgIpc) is 2.65. The number of benzene rings is 1. The fourth-order valence-corrected chi connectivity index (χ4v) is 3.20. The lowest BCUT2D eigenvalue weighted by molar-refractivity contribution is 0.317. The van der Waals surface area contributed by atoms with E-state index in [1.807, 2.05) is 24.3 Å². The van der Waals surface area contributed by atoms with Crippen molar-refractivity contribution >= 4 is 16.6 Å². The van der Waals surface area contributed by atoms with Crippen molar-refractivity contribution in [3.63, 3.8) is 0 Å². The smallest absolute Gasteiger partial charge is 0.150 e. The predicted molar refractivity (Wildman–Crippen MR) is 104 cm³/mol. The molecule has 4 nitrogen and oxygen atoms in total. The van der Waals surface area contributed by atoms with Gasteiger partial charge in [-0.05, 0) is 25.0 Å². The van der Waals surface area contributed by atoms with E-state index in [0.717, 1.165) is 18.2 Å². The number of aromatic hydroxyl groups is 1. The summed E-state index contributed by atoms with van der Waals surface area (Å²) in [5.41, 5.74) is 1.66. The Morgan fingerprint density at radius 1 is 0.960 bits per heavy atom. The second-order valence-electron chi connectivity index (χ2n) is 6.66. The Labute approximate surface area is 150 Å². The Kier molecular flexibility index (Phi) is 8.23. The Balaban J connectivity index is 1.80. The highest BCUT2D eigenvalue weighted by atomic mass is 16.4. The van der Waals surface area contributed by atoms with Crippen LogP contribution in [0.5, 0.6) is 5.75 Å². The zero-order valence-corrected chi connectivity index (χ0v) is 15.2. The fourth-order valence-electron chi connectivity index (χ4n) is 3.20. The molecule has 0 amide bonds. The molecular weight excluding hydrogens is 312 g/mol. The van der Waals surface area contributed by atoms with Crippen molar-refractivity contribution in [2.75, 3.05) is 0 Å². The number of hydrogen-bond donors (Lipinski definition) is 2. The Bertz CT molecular complexity index is 683. The summed E-state index contributed by atoms with van der Waals surface area (Å²) in [4.78, 5) is 4.22. The van der Waals surface area contributed by atoms with Crippen LogP contribution < -0.4 is 0 Å². The van der Waals surface area contributed by atoms with E-state index in [0.29, 0.717) is 23.2 Å². The van der Waals surface area contributed by atoms with Gasteiger partial charge < -0.3 is 10.3 Å². The molecule has 4 heteroatoms. The molecule has 0 aliphatic rings. The van der Waals surface area contributed by atoms with Gasteiger partial charge in [0.25, 0.3) is 0 Å². The largest absolute Gasteiger partial charge is 0.505 e. The van der Waals surface area contributed by atoms with Crippen molar-refractivity contribution in [1.82, 2.24) is 4.98 Å². The molecule has 2 aromatic rings. The lowest BCUT2D eigenvalue weighted by Crippen LogP contribution is -2.02. The Morgan fingerprint density at radius 3 is 2.32 bits per heavy atom. The van der Waals surface area contributed by atoms with Gasteiger partial charge >= 0.3 is 0 Å². The first kappa shape index (κ1) is 19.2. The molecule has 2 N–H and O–H groups in total. The molecule has 25 heavy (non-hydrogen) atoms. The standard InChI is InChI=1S/C21H30N2O2/c1-2-3-4-5-6-7-8-9-10-13-19(23-25)18-15-14-17-12-11-16-22-20(17)21(18)24/h11-12,14-16,24-25H,2-10,13H2,1H3/b23-19-. The molecule has 0 aliphatic heterocycles. The lowest BCUT2D eigenvalue weighted by atomic mass is 10.00. The summed E-state index contributed by atoms with van der Waals surface area (Å²) in [6, 6.07) is 7.45. The van der Waals surface area contributed by atoms with E-state index in [4.69, 9.17) is 0 Å². The number of fused-ring (bicyclic) bond motifs is 1. The van der Waals surface area contributed by atoms with Gasteiger partial charge in [0.1, 0.15) is 5.52 Å². The van der Waals surface area contributed by atoms with Crippen LogP contribution in [0.1, 0.15) is 76.7 Å². The molecule has 0 bridgehead atoms. The van der Waals surface area contributed by atoms with Gasteiger partial charge in [0.15, 0.2) is 5.75 Å². The van der Waals surface area contributed by atoms with Gasteiger partial charge in [-0.2, -0.15) is 0 Å². The van der Waals surface area contributed by atoms with E-state index in [1.54, 1.807) is 6.20 Å². The summed E-state index contributed by atoms with van der Waals surface area (Å²) in [5, 5.41) is 24.1. The SMILES string of the molecule is CCCCCCCCCCC/C(=N/O)c1ccc2cccnc2c1O. The number of aromatic nitrogens is 1. The van der Waals surface area contributed by atoms with Crippen molar-refractivity contribution in [1.29, 1.82) is 0 Å². The summed E-state index contributed by atoms with van der Waals surface area (Å²) in [6.07, 6.45) is 13.6. The highest BCUT2D eigenvalue weighted by Crippen LogP contribution is 2.28. The number of hydrogen-bond acceptors (Lipinski definition) is 4. The van der Waals surface area contributed by atoms with Crippen LogP contribution in [0.4, 0.5) is 0 Å². The molecule has 0 radical (unpaired) electrons. The van der Waals surface area contributed by atoms with Gasteiger partial charge in [0, 0.05) is 17.1 Å². The molecular formula is C21H30N2O2. The van der Waals surface area contributed by atoms with Crippen molar-refractivity contribution in [3.8, 4) is 5.75 Å². The summed E-state index contributed by atoms with van der Waals surface area (Å²) >= 11 is 0. The van der Waals surface area contributed by atoms with Crippen LogP contribution in [0, 0.1) is 0 Å². The molecule has 136 valence electrons. The van der Waals surface area contributed by atoms with Gasteiger partial charge in [-0.3, -0.25) is 4.98 Å². The molecule has 0 fully saturated rings. The van der Waals surface area contributed by atoms with E-state index in [2.05, 4.69) is 17.1 Å². The number of rotatable bonds is 11. The zero-order valence-electron chi connectivity index (χ0n) is 15.2. The van der Waals surface area contributed by atoms with Gasteiger partial charge in [0.2, 0.25) is 0 Å². The quantitative estimate of drug-likeness (QED) is 0.226. The zero-order chi connectivity index (χ0) is 17.9. The Hall–Kier alpha value is -2.10. The third kappa shape index (κ3) is 5.73. The molecule has 0 unspecified atom stereocenters. The summed E-state index contributed by atoms with van der Waals surface area (Å²) in [6.45, 7) is 2.24. The van der Waals surface area contributed by atoms with E-state index < -0.39 is 0 Å². The number of phenolic OH excluding ortho intramolecular Hbond substituents is 1. The summed E-state index contributed by atoms with van der Waals surface area (Å²) in [5.74, 6) is 0.0989. The van der Waals surface area contributed by atoms with Gasteiger partial charge in [-0.1, -0.05) is 75.6 Å². The molecule has 1 heterocycles. The minimum absolute atomic E-state index is 0.0989. The van der Waals surface area contributed by atoms with Crippen LogP contribution in [0.25, 0.3) is 10.9 Å². The van der Waals surface area contributed by atoms with Crippen molar-refractivity contribution in [2.24, 2.45) is 5.16 Å². The molecule has 1 aromatic heterocycles. The van der Waals surface area contributed by atoms with E-state index >= 15 is 0 Å². The van der Waals surface area contributed by atoms with Gasteiger partial charge in [0.05, 0.1) is 5.71 Å². The maximum absolute atomic E-state index is 10.4. The maximum atomic E-state index is 10.4. The van der Waals surface area contributed by atoms with Crippen LogP contribution in [0.3, 0.4) is 0 Å². The van der Waals surface area contributed by atoms with E-state index in [9.17, 15) is 10.3 Å². The third-order valence-corrected chi connectivity index (χ3v) is 4.70. The van der Waals surface area contributed by atoms with Crippen LogP contribution in [-0.4, -0.2) is 21.0 Å².